The molecule has 6 heteroatoms. The van der Waals surface area contributed by atoms with Crippen LogP contribution in [0.5, 0.6) is 0 Å². The summed E-state index contributed by atoms with van der Waals surface area (Å²) in [6.45, 7) is 1.85. The molecule has 0 aliphatic carbocycles. The zero-order valence-corrected chi connectivity index (χ0v) is 10.7. The summed E-state index contributed by atoms with van der Waals surface area (Å²) in [5, 5.41) is 3.64. The van der Waals surface area contributed by atoms with Gasteiger partial charge in [-0.3, -0.25) is 20.4 Å². The molecule has 2 aromatic rings. The van der Waals surface area contributed by atoms with Crippen molar-refractivity contribution in [2.24, 2.45) is 0 Å². The van der Waals surface area contributed by atoms with Crippen LogP contribution in [0.4, 0.5) is 0 Å². The van der Waals surface area contributed by atoms with Crippen molar-refractivity contribution in [1.29, 1.82) is 0 Å². The highest BCUT2D eigenvalue weighted by molar-refractivity contribution is 7.12. The van der Waals surface area contributed by atoms with Gasteiger partial charge < -0.3 is 0 Å². The van der Waals surface area contributed by atoms with E-state index in [1.807, 2.05) is 18.4 Å². The Bertz CT molecular complexity index is 531. The third kappa shape index (κ3) is 2.72. The topological polar surface area (TPSA) is 58.2 Å². The highest BCUT2D eigenvalue weighted by Gasteiger charge is 2.12. The number of hydrogen-bond donors (Lipinski definition) is 2. The quantitative estimate of drug-likeness (QED) is 0.819. The van der Waals surface area contributed by atoms with Gasteiger partial charge in [-0.25, -0.2) is 0 Å². The zero-order valence-electron chi connectivity index (χ0n) is 9.02. The van der Waals surface area contributed by atoms with Crippen LogP contribution in [0.25, 0.3) is 0 Å². The molecule has 2 aromatic heterocycles. The summed E-state index contributed by atoms with van der Waals surface area (Å²) in [4.78, 5) is 24.4. The van der Waals surface area contributed by atoms with E-state index in [2.05, 4.69) is 10.9 Å². The van der Waals surface area contributed by atoms with E-state index in [-0.39, 0.29) is 11.8 Å². The van der Waals surface area contributed by atoms with Crippen LogP contribution in [0.1, 0.15) is 24.9 Å². The van der Waals surface area contributed by atoms with Crippen LogP contribution in [-0.4, -0.2) is 11.8 Å². The number of amides is 2. The molecule has 2 amide bonds. The van der Waals surface area contributed by atoms with Crippen LogP contribution in [0.2, 0.25) is 0 Å². The van der Waals surface area contributed by atoms with Crippen LogP contribution in [0.15, 0.2) is 29.0 Å². The molecular weight excluding hydrogens is 256 g/mol. The first-order chi connectivity index (χ1) is 8.18. The Hall–Kier alpha value is -1.66. The van der Waals surface area contributed by atoms with E-state index in [4.69, 9.17) is 0 Å². The SMILES string of the molecule is Cc1ccsc1C(=O)NNC(=O)c1cccs1. The van der Waals surface area contributed by atoms with Crippen LogP contribution < -0.4 is 10.9 Å². The Morgan fingerprint density at radius 3 is 2.41 bits per heavy atom. The molecule has 2 N–H and O–H groups in total. The largest absolute Gasteiger partial charge is 0.280 e. The molecule has 0 saturated heterocycles. The molecule has 0 aliphatic heterocycles. The fourth-order valence-electron chi connectivity index (χ4n) is 1.25. The van der Waals surface area contributed by atoms with E-state index in [1.54, 1.807) is 17.5 Å². The van der Waals surface area contributed by atoms with Crippen molar-refractivity contribution in [3.05, 3.63) is 44.3 Å². The van der Waals surface area contributed by atoms with Gasteiger partial charge in [0, 0.05) is 0 Å². The Morgan fingerprint density at radius 1 is 1.06 bits per heavy atom. The summed E-state index contributed by atoms with van der Waals surface area (Å²) >= 11 is 2.67. The molecule has 2 rings (SSSR count). The zero-order chi connectivity index (χ0) is 12.3. The lowest BCUT2D eigenvalue weighted by atomic mass is 10.3. The van der Waals surface area contributed by atoms with Gasteiger partial charge in [0.15, 0.2) is 0 Å². The summed E-state index contributed by atoms with van der Waals surface area (Å²) in [5.74, 6) is -0.593. The van der Waals surface area contributed by atoms with Crippen LogP contribution >= 0.6 is 22.7 Å². The minimum atomic E-state index is -0.303. The molecule has 88 valence electrons. The smallest absolute Gasteiger partial charge is 0.266 e. The maximum Gasteiger partial charge on any atom is 0.280 e. The number of aryl methyl sites for hydroxylation is 1. The summed E-state index contributed by atoms with van der Waals surface area (Å²) < 4.78 is 0. The van der Waals surface area contributed by atoms with E-state index < -0.39 is 0 Å². The molecule has 0 bridgehead atoms. The highest BCUT2D eigenvalue weighted by atomic mass is 32.1. The lowest BCUT2D eigenvalue weighted by Gasteiger charge is -2.05. The number of hydrogen-bond acceptors (Lipinski definition) is 4. The van der Waals surface area contributed by atoms with Crippen molar-refractivity contribution in [1.82, 2.24) is 10.9 Å². The van der Waals surface area contributed by atoms with Crippen LogP contribution in [0.3, 0.4) is 0 Å². The standard InChI is InChI=1S/C11H10N2O2S2/c1-7-4-6-17-9(7)11(15)13-12-10(14)8-3-2-5-16-8/h2-6H,1H3,(H,12,14)(H,13,15). The summed E-state index contributed by atoms with van der Waals surface area (Å²) in [7, 11) is 0. The van der Waals surface area contributed by atoms with E-state index >= 15 is 0 Å². The number of hydrazine groups is 1. The van der Waals surface area contributed by atoms with Gasteiger partial charge in [-0.1, -0.05) is 6.07 Å². The fourth-order valence-corrected chi connectivity index (χ4v) is 2.68. The van der Waals surface area contributed by atoms with Crippen molar-refractivity contribution >= 4 is 34.5 Å². The van der Waals surface area contributed by atoms with Gasteiger partial charge in [-0.2, -0.15) is 0 Å². The summed E-state index contributed by atoms with van der Waals surface area (Å²) in [6.07, 6.45) is 0. The maximum atomic E-state index is 11.7. The van der Waals surface area contributed by atoms with Crippen molar-refractivity contribution in [3.63, 3.8) is 0 Å². The highest BCUT2D eigenvalue weighted by Crippen LogP contribution is 2.14. The molecular formula is C11H10N2O2S2. The van der Waals surface area contributed by atoms with Gasteiger partial charge in [-0.05, 0) is 35.4 Å². The van der Waals surface area contributed by atoms with Gasteiger partial charge in [0.05, 0.1) is 9.75 Å². The fraction of sp³-hybridized carbons (Fsp3) is 0.0909. The maximum absolute atomic E-state index is 11.7. The normalized spacial score (nSPS) is 9.94. The second-order valence-electron chi connectivity index (χ2n) is 3.32. The second-order valence-corrected chi connectivity index (χ2v) is 5.18. The minimum absolute atomic E-state index is 0.289. The monoisotopic (exact) mass is 266 g/mol. The van der Waals surface area contributed by atoms with Crippen LogP contribution in [0, 0.1) is 6.92 Å². The molecule has 4 nitrogen and oxygen atoms in total. The molecule has 0 atom stereocenters. The van der Waals surface area contributed by atoms with Crippen molar-refractivity contribution < 1.29 is 9.59 Å². The van der Waals surface area contributed by atoms with Gasteiger partial charge in [0.25, 0.3) is 11.8 Å². The Morgan fingerprint density at radius 2 is 1.82 bits per heavy atom. The van der Waals surface area contributed by atoms with Crippen LogP contribution in [-0.2, 0) is 0 Å². The first-order valence-electron chi connectivity index (χ1n) is 4.87. The molecule has 0 radical (unpaired) electrons. The van der Waals surface area contributed by atoms with Crippen molar-refractivity contribution in [2.75, 3.05) is 0 Å². The van der Waals surface area contributed by atoms with E-state index in [9.17, 15) is 9.59 Å². The van der Waals surface area contributed by atoms with Gasteiger partial charge >= 0.3 is 0 Å². The van der Waals surface area contributed by atoms with Gasteiger partial charge in [-0.15, -0.1) is 22.7 Å². The van der Waals surface area contributed by atoms with Gasteiger partial charge in [0.1, 0.15) is 0 Å². The molecule has 0 saturated carbocycles. The minimum Gasteiger partial charge on any atom is -0.266 e. The van der Waals surface area contributed by atoms with Gasteiger partial charge in [0.2, 0.25) is 0 Å². The molecule has 0 unspecified atom stereocenters. The Labute approximate surface area is 106 Å². The third-order valence-corrected chi connectivity index (χ3v) is 3.99. The second kappa shape index (κ2) is 5.11. The average Bonchev–Trinajstić information content (AvgIpc) is 2.95. The third-order valence-electron chi connectivity index (χ3n) is 2.10. The van der Waals surface area contributed by atoms with E-state index in [0.717, 1.165) is 5.56 Å². The number of thiophene rings is 2. The molecule has 2 heterocycles. The summed E-state index contributed by atoms with van der Waals surface area (Å²) in [6, 6.07) is 5.34. The summed E-state index contributed by atoms with van der Waals surface area (Å²) in [5.41, 5.74) is 5.67. The van der Waals surface area contributed by atoms with E-state index in [0.29, 0.717) is 9.75 Å². The first-order valence-corrected chi connectivity index (χ1v) is 6.62. The predicted octanol–water partition coefficient (Wildman–Crippen LogP) is 2.19. The average molecular weight is 266 g/mol. The number of carbonyl (C=O) groups is 2. The molecule has 0 aromatic carbocycles. The van der Waals surface area contributed by atoms with E-state index in [1.165, 1.54) is 22.7 Å². The number of rotatable bonds is 2. The molecule has 0 aliphatic rings. The lowest BCUT2D eigenvalue weighted by molar-refractivity contribution is 0.0851. The molecule has 0 spiro atoms. The number of nitrogens with one attached hydrogen (secondary N) is 2. The first kappa shape index (κ1) is 11.8. The molecule has 17 heavy (non-hydrogen) atoms. The Kier molecular flexibility index (Phi) is 3.55. The Balaban J connectivity index is 1.93. The molecule has 0 fully saturated rings. The predicted molar refractivity (Wildman–Crippen MR) is 68.3 cm³/mol. The number of carbonyl (C=O) groups excluding carboxylic acids is 2. The lowest BCUT2D eigenvalue weighted by Crippen LogP contribution is -2.41. The van der Waals surface area contributed by atoms with Crippen molar-refractivity contribution in [2.45, 2.75) is 6.92 Å². The van der Waals surface area contributed by atoms with Crippen molar-refractivity contribution in [3.8, 4) is 0 Å².